The number of fused-ring (bicyclic) bond motifs is 1. The van der Waals surface area contributed by atoms with Crippen molar-refractivity contribution in [3.63, 3.8) is 0 Å². The second kappa shape index (κ2) is 5.88. The number of piperidine rings is 1. The van der Waals surface area contributed by atoms with E-state index in [2.05, 4.69) is 27.1 Å². The van der Waals surface area contributed by atoms with Crippen LogP contribution in [0.2, 0.25) is 0 Å². The summed E-state index contributed by atoms with van der Waals surface area (Å²) in [6.07, 6.45) is 6.13. The van der Waals surface area contributed by atoms with E-state index in [1.54, 1.807) is 11.3 Å². The molecule has 1 aromatic rings. The fraction of sp³-hybridized carbons (Fsp3) is 0.545. The summed E-state index contributed by atoms with van der Waals surface area (Å²) in [5.74, 6) is 0. The van der Waals surface area contributed by atoms with Crippen LogP contribution >= 0.6 is 11.3 Å². The molecule has 0 radical (unpaired) electrons. The van der Waals surface area contributed by atoms with Crippen LogP contribution in [0, 0.1) is 0 Å². The van der Waals surface area contributed by atoms with E-state index in [1.165, 1.54) is 42.9 Å². The van der Waals surface area contributed by atoms with Gasteiger partial charge in [-0.15, -0.1) is 11.3 Å². The largest absolute Gasteiger partial charge is 0.365 e. The maximum Gasteiger partial charge on any atom is 0.107 e. The minimum Gasteiger partial charge on any atom is -0.365 e. The Bertz CT molecular complexity index is 304. The molecule has 0 saturated carbocycles. The highest BCUT2D eigenvalue weighted by Crippen LogP contribution is 2.21. The summed E-state index contributed by atoms with van der Waals surface area (Å²) in [5, 5.41) is 8.50. The van der Waals surface area contributed by atoms with E-state index in [0.29, 0.717) is 0 Å². The van der Waals surface area contributed by atoms with Crippen LogP contribution in [0.3, 0.4) is 0 Å². The zero-order valence-electron chi connectivity index (χ0n) is 8.83. The minimum absolute atomic E-state index is 0.726. The third-order valence-electron chi connectivity index (χ3n) is 2.47. The third kappa shape index (κ3) is 3.32. The Morgan fingerprint density at radius 1 is 1.20 bits per heavy atom. The summed E-state index contributed by atoms with van der Waals surface area (Å²) >= 11 is 1.71. The van der Waals surface area contributed by atoms with Crippen molar-refractivity contribution in [1.29, 1.82) is 0 Å². The number of nitrogens with zero attached hydrogens (tertiary/aromatic N) is 1. The highest BCUT2D eigenvalue weighted by molar-refractivity contribution is 7.12. The van der Waals surface area contributed by atoms with E-state index in [0.717, 1.165) is 6.67 Å². The van der Waals surface area contributed by atoms with Gasteiger partial charge in [0.15, 0.2) is 0 Å². The summed E-state index contributed by atoms with van der Waals surface area (Å²) in [5.41, 5.74) is 1.22. The van der Waals surface area contributed by atoms with Crippen molar-refractivity contribution in [1.82, 2.24) is 5.32 Å². The fourth-order valence-electron chi connectivity index (χ4n) is 1.63. The predicted octanol–water partition coefficient (Wildman–Crippen LogP) is 2.31. The average Bonchev–Trinajstić information content (AvgIpc) is 2.80. The van der Waals surface area contributed by atoms with Crippen LogP contribution in [-0.2, 0) is 0 Å². The molecule has 4 heteroatoms. The van der Waals surface area contributed by atoms with Crippen LogP contribution in [0.25, 0.3) is 0 Å². The summed E-state index contributed by atoms with van der Waals surface area (Å²) < 4.78 is 0. The SMILES string of the molecule is C1=NCNc2ccsc21.C1CCNCC1. The van der Waals surface area contributed by atoms with Crippen LogP contribution in [0.5, 0.6) is 0 Å². The lowest BCUT2D eigenvalue weighted by molar-refractivity contribution is 0.520. The summed E-state index contributed by atoms with van der Waals surface area (Å²) in [6, 6.07) is 2.07. The lowest BCUT2D eigenvalue weighted by atomic mass is 10.2. The van der Waals surface area contributed by atoms with Gasteiger partial charge in [0.1, 0.15) is 6.67 Å². The molecule has 2 aliphatic heterocycles. The maximum atomic E-state index is 4.06. The van der Waals surface area contributed by atoms with Gasteiger partial charge in [-0.3, -0.25) is 4.99 Å². The molecular formula is C11H17N3S. The van der Waals surface area contributed by atoms with Gasteiger partial charge in [0.05, 0.1) is 10.6 Å². The lowest BCUT2D eigenvalue weighted by Crippen LogP contribution is -2.21. The summed E-state index contributed by atoms with van der Waals surface area (Å²) in [4.78, 5) is 5.30. The predicted molar refractivity (Wildman–Crippen MR) is 67.1 cm³/mol. The molecule has 0 aliphatic carbocycles. The van der Waals surface area contributed by atoms with Gasteiger partial charge in [0.25, 0.3) is 0 Å². The molecule has 0 spiro atoms. The second-order valence-electron chi connectivity index (χ2n) is 3.66. The molecule has 3 rings (SSSR count). The second-order valence-corrected chi connectivity index (χ2v) is 4.60. The molecule has 3 nitrogen and oxygen atoms in total. The highest BCUT2D eigenvalue weighted by Gasteiger charge is 2.02. The molecule has 2 aliphatic rings. The van der Waals surface area contributed by atoms with Crippen molar-refractivity contribution in [2.24, 2.45) is 4.99 Å². The number of rotatable bonds is 0. The molecule has 82 valence electrons. The minimum atomic E-state index is 0.726. The maximum absolute atomic E-state index is 4.06. The Labute approximate surface area is 94.6 Å². The van der Waals surface area contributed by atoms with Crippen LogP contribution in [0.15, 0.2) is 16.4 Å². The van der Waals surface area contributed by atoms with E-state index in [9.17, 15) is 0 Å². The number of hydrogen-bond donors (Lipinski definition) is 2. The molecule has 0 unspecified atom stereocenters. The standard InChI is InChI=1S/C6H6N2S.C5H11N/c1-2-9-6-3-7-4-8-5(1)6;1-2-4-6-5-3-1/h1-3,8H,4H2;6H,1-5H2. The average molecular weight is 223 g/mol. The molecule has 1 fully saturated rings. The Morgan fingerprint density at radius 3 is 2.67 bits per heavy atom. The van der Waals surface area contributed by atoms with Gasteiger partial charge in [-0.1, -0.05) is 6.42 Å². The topological polar surface area (TPSA) is 36.4 Å². The van der Waals surface area contributed by atoms with E-state index in [4.69, 9.17) is 0 Å². The molecule has 0 bridgehead atoms. The Morgan fingerprint density at radius 2 is 2.07 bits per heavy atom. The molecule has 0 amide bonds. The van der Waals surface area contributed by atoms with Gasteiger partial charge >= 0.3 is 0 Å². The van der Waals surface area contributed by atoms with Crippen LogP contribution in [0.1, 0.15) is 24.1 Å². The Balaban J connectivity index is 0.000000124. The Kier molecular flexibility index (Phi) is 4.17. The number of nitrogens with one attached hydrogen (secondary N) is 2. The molecule has 1 saturated heterocycles. The zero-order valence-corrected chi connectivity index (χ0v) is 9.65. The van der Waals surface area contributed by atoms with Gasteiger partial charge < -0.3 is 10.6 Å². The Hall–Kier alpha value is -0.870. The van der Waals surface area contributed by atoms with Gasteiger partial charge in [0, 0.05) is 6.21 Å². The van der Waals surface area contributed by atoms with Crippen molar-refractivity contribution in [2.75, 3.05) is 25.1 Å². The molecule has 2 N–H and O–H groups in total. The molecule has 1 aromatic heterocycles. The fourth-order valence-corrected chi connectivity index (χ4v) is 2.38. The van der Waals surface area contributed by atoms with E-state index in [1.807, 2.05) is 6.21 Å². The molecule has 15 heavy (non-hydrogen) atoms. The van der Waals surface area contributed by atoms with Crippen LogP contribution < -0.4 is 10.6 Å². The van der Waals surface area contributed by atoms with Crippen molar-refractivity contribution < 1.29 is 0 Å². The summed E-state index contributed by atoms with van der Waals surface area (Å²) in [7, 11) is 0. The van der Waals surface area contributed by atoms with Crippen LogP contribution in [0.4, 0.5) is 5.69 Å². The molecule has 3 heterocycles. The molecular weight excluding hydrogens is 206 g/mol. The first-order valence-corrected chi connectivity index (χ1v) is 6.37. The van der Waals surface area contributed by atoms with E-state index >= 15 is 0 Å². The van der Waals surface area contributed by atoms with Crippen molar-refractivity contribution in [3.8, 4) is 0 Å². The summed E-state index contributed by atoms with van der Waals surface area (Å²) in [6.45, 7) is 3.23. The quantitative estimate of drug-likeness (QED) is 0.708. The van der Waals surface area contributed by atoms with E-state index in [-0.39, 0.29) is 0 Å². The first-order chi connectivity index (χ1) is 7.47. The number of thiophene rings is 1. The van der Waals surface area contributed by atoms with Crippen molar-refractivity contribution >= 4 is 23.2 Å². The normalized spacial score (nSPS) is 18.4. The lowest BCUT2D eigenvalue weighted by Gasteiger charge is -2.08. The third-order valence-corrected chi connectivity index (χ3v) is 3.32. The smallest absolute Gasteiger partial charge is 0.107 e. The van der Waals surface area contributed by atoms with Gasteiger partial charge in [-0.2, -0.15) is 0 Å². The van der Waals surface area contributed by atoms with Crippen molar-refractivity contribution in [3.05, 3.63) is 16.3 Å². The first-order valence-electron chi connectivity index (χ1n) is 5.49. The van der Waals surface area contributed by atoms with Gasteiger partial charge in [-0.25, -0.2) is 0 Å². The van der Waals surface area contributed by atoms with Gasteiger partial charge in [0.2, 0.25) is 0 Å². The number of aliphatic imine (C=N–C) groups is 1. The van der Waals surface area contributed by atoms with Crippen LogP contribution in [-0.4, -0.2) is 26.0 Å². The highest BCUT2D eigenvalue weighted by atomic mass is 32.1. The van der Waals surface area contributed by atoms with Gasteiger partial charge in [-0.05, 0) is 37.4 Å². The molecule has 0 aromatic carbocycles. The van der Waals surface area contributed by atoms with Crippen molar-refractivity contribution in [2.45, 2.75) is 19.3 Å². The number of anilines is 1. The molecule has 0 atom stereocenters. The zero-order chi connectivity index (χ0) is 10.3. The first kappa shape index (κ1) is 10.6. The number of hydrogen-bond acceptors (Lipinski definition) is 4. The monoisotopic (exact) mass is 223 g/mol. The van der Waals surface area contributed by atoms with E-state index < -0.39 is 0 Å².